The van der Waals surface area contributed by atoms with E-state index in [0.717, 1.165) is 21.3 Å². The number of benzene rings is 3. The lowest BCUT2D eigenvalue weighted by Gasteiger charge is -2.15. The monoisotopic (exact) mass is 375 g/mol. The van der Waals surface area contributed by atoms with Gasteiger partial charge in [0.2, 0.25) is 0 Å². The van der Waals surface area contributed by atoms with Crippen LogP contribution in [0.15, 0.2) is 83.3 Å². The fraction of sp³-hybridized carbons (Fsp3) is 0.0909. The van der Waals surface area contributed by atoms with Crippen molar-refractivity contribution in [3.8, 4) is 11.8 Å². The van der Waals surface area contributed by atoms with E-state index in [1.807, 2.05) is 42.5 Å². The Morgan fingerprint density at radius 1 is 0.875 bits per heavy atom. The van der Waals surface area contributed by atoms with E-state index < -0.39 is 0 Å². The molecule has 1 N–H and O–H groups in total. The van der Waals surface area contributed by atoms with Crippen molar-refractivity contribution in [3.63, 3.8) is 0 Å². The molecule has 1 unspecified atom stereocenters. The minimum absolute atomic E-state index is 0.0783. The van der Waals surface area contributed by atoms with E-state index in [1.54, 1.807) is 0 Å². The molecule has 3 aromatic carbocycles. The molecule has 0 aliphatic carbocycles. The summed E-state index contributed by atoms with van der Waals surface area (Å²) in [5, 5.41) is 3.53. The third-order valence-corrected chi connectivity index (χ3v) is 4.17. The number of halogens is 1. The highest BCUT2D eigenvalue weighted by Gasteiger charge is 2.09. The first-order valence-corrected chi connectivity index (χ1v) is 8.65. The fourth-order valence-electron chi connectivity index (χ4n) is 2.38. The van der Waals surface area contributed by atoms with Crippen molar-refractivity contribution in [1.82, 2.24) is 0 Å². The van der Waals surface area contributed by atoms with Crippen LogP contribution in [0.1, 0.15) is 22.7 Å². The van der Waals surface area contributed by atoms with Crippen LogP contribution >= 0.6 is 15.9 Å². The van der Waals surface area contributed by atoms with Crippen LogP contribution in [0.5, 0.6) is 0 Å². The molecule has 0 aliphatic rings. The van der Waals surface area contributed by atoms with Gasteiger partial charge in [0.15, 0.2) is 0 Å². The second-order valence-electron chi connectivity index (χ2n) is 5.63. The van der Waals surface area contributed by atoms with E-state index in [0.29, 0.717) is 0 Å². The summed E-state index contributed by atoms with van der Waals surface area (Å²) in [5.41, 5.74) is 4.46. The zero-order valence-corrected chi connectivity index (χ0v) is 15.0. The first-order chi connectivity index (χ1) is 11.7. The van der Waals surface area contributed by atoms with Crippen LogP contribution in [0, 0.1) is 18.8 Å². The summed E-state index contributed by atoms with van der Waals surface area (Å²) in [5.74, 6) is 6.63. The number of nitrogens with one attached hydrogen (secondary N) is 1. The summed E-state index contributed by atoms with van der Waals surface area (Å²) in [6, 6.07) is 26.6. The van der Waals surface area contributed by atoms with Crippen LogP contribution < -0.4 is 5.32 Å². The van der Waals surface area contributed by atoms with Gasteiger partial charge in [0, 0.05) is 15.7 Å². The van der Waals surface area contributed by atoms with E-state index in [1.165, 1.54) is 5.56 Å². The summed E-state index contributed by atoms with van der Waals surface area (Å²) in [6.07, 6.45) is 0. The van der Waals surface area contributed by atoms with E-state index in [-0.39, 0.29) is 6.04 Å². The molecule has 3 rings (SSSR count). The third-order valence-electron chi connectivity index (χ3n) is 3.68. The molecule has 0 heterocycles. The molecule has 0 radical (unpaired) electrons. The summed E-state index contributed by atoms with van der Waals surface area (Å²) in [7, 11) is 0. The largest absolute Gasteiger partial charge is 0.368 e. The second kappa shape index (κ2) is 7.86. The Balaban J connectivity index is 1.91. The van der Waals surface area contributed by atoms with Crippen LogP contribution in [-0.2, 0) is 0 Å². The number of hydrogen-bond acceptors (Lipinski definition) is 1. The van der Waals surface area contributed by atoms with Crippen LogP contribution in [0.25, 0.3) is 0 Å². The minimum Gasteiger partial charge on any atom is -0.368 e. The highest BCUT2D eigenvalue weighted by molar-refractivity contribution is 9.10. The molecule has 0 amide bonds. The van der Waals surface area contributed by atoms with Gasteiger partial charge in [-0.3, -0.25) is 0 Å². The van der Waals surface area contributed by atoms with Crippen molar-refractivity contribution < 1.29 is 0 Å². The second-order valence-corrected chi connectivity index (χ2v) is 6.55. The van der Waals surface area contributed by atoms with Gasteiger partial charge in [-0.2, -0.15) is 0 Å². The zero-order valence-electron chi connectivity index (χ0n) is 13.5. The Labute approximate surface area is 151 Å². The first-order valence-electron chi connectivity index (χ1n) is 7.86. The molecule has 1 atom stereocenters. The molecule has 3 aromatic rings. The van der Waals surface area contributed by atoms with Crippen molar-refractivity contribution in [3.05, 3.63) is 100 Å². The van der Waals surface area contributed by atoms with E-state index >= 15 is 0 Å². The molecule has 2 heteroatoms. The van der Waals surface area contributed by atoms with Crippen LogP contribution in [-0.4, -0.2) is 0 Å². The average molecular weight is 376 g/mol. The van der Waals surface area contributed by atoms with Gasteiger partial charge in [-0.25, -0.2) is 0 Å². The van der Waals surface area contributed by atoms with Crippen molar-refractivity contribution >= 4 is 21.6 Å². The Bertz CT molecular complexity index is 858. The molecule has 0 saturated carbocycles. The Morgan fingerprint density at radius 3 is 2.33 bits per heavy atom. The maximum absolute atomic E-state index is 3.55. The lowest BCUT2D eigenvalue weighted by Crippen LogP contribution is -2.08. The van der Waals surface area contributed by atoms with Crippen LogP contribution in [0.4, 0.5) is 5.69 Å². The summed E-state index contributed by atoms with van der Waals surface area (Å²) in [4.78, 5) is 0. The quantitative estimate of drug-likeness (QED) is 0.556. The molecule has 0 aromatic heterocycles. The van der Waals surface area contributed by atoms with Gasteiger partial charge >= 0.3 is 0 Å². The van der Waals surface area contributed by atoms with E-state index in [2.05, 4.69) is 76.4 Å². The van der Waals surface area contributed by atoms with Gasteiger partial charge in [-0.1, -0.05) is 75.8 Å². The highest BCUT2D eigenvalue weighted by atomic mass is 79.9. The minimum atomic E-state index is -0.0783. The van der Waals surface area contributed by atoms with Gasteiger partial charge in [-0.15, -0.1) is 0 Å². The van der Waals surface area contributed by atoms with Crippen LogP contribution in [0.3, 0.4) is 0 Å². The zero-order chi connectivity index (χ0) is 16.8. The molecule has 0 spiro atoms. The average Bonchev–Trinajstić information content (AvgIpc) is 2.61. The highest BCUT2D eigenvalue weighted by Crippen LogP contribution is 2.22. The lowest BCUT2D eigenvalue weighted by molar-refractivity contribution is 1.02. The molecular formula is C22H18BrN. The summed E-state index contributed by atoms with van der Waals surface area (Å²) in [6.45, 7) is 2.09. The van der Waals surface area contributed by atoms with Gasteiger partial charge in [0.1, 0.15) is 6.04 Å². The SMILES string of the molecule is Cc1ccc(NC(C#Cc2ccccc2)c2cccc(Br)c2)cc1. The first kappa shape index (κ1) is 16.4. The standard InChI is InChI=1S/C22H18BrN/c1-17-10-13-21(14-11-17)24-22(19-8-5-9-20(23)16-19)15-12-18-6-3-2-4-7-18/h2-11,13-14,16,22,24H,1H3. The predicted molar refractivity (Wildman–Crippen MR) is 105 cm³/mol. The number of aryl methyl sites for hydroxylation is 1. The molecular weight excluding hydrogens is 358 g/mol. The predicted octanol–water partition coefficient (Wildman–Crippen LogP) is 5.96. The maximum Gasteiger partial charge on any atom is 0.114 e. The molecule has 0 fully saturated rings. The van der Waals surface area contributed by atoms with Gasteiger partial charge < -0.3 is 5.32 Å². The molecule has 118 valence electrons. The Kier molecular flexibility index (Phi) is 5.36. The number of hydrogen-bond donors (Lipinski definition) is 1. The van der Waals surface area contributed by atoms with Crippen molar-refractivity contribution in [2.24, 2.45) is 0 Å². The molecule has 0 bridgehead atoms. The lowest BCUT2D eigenvalue weighted by atomic mass is 10.1. The number of rotatable bonds is 3. The maximum atomic E-state index is 3.55. The van der Waals surface area contributed by atoms with Crippen molar-refractivity contribution in [2.45, 2.75) is 13.0 Å². The van der Waals surface area contributed by atoms with Crippen LogP contribution in [0.2, 0.25) is 0 Å². The number of anilines is 1. The topological polar surface area (TPSA) is 12.0 Å². The van der Waals surface area contributed by atoms with Gasteiger partial charge in [0.05, 0.1) is 0 Å². The molecule has 0 aliphatic heterocycles. The van der Waals surface area contributed by atoms with Gasteiger partial charge in [-0.05, 0) is 48.9 Å². The fourth-order valence-corrected chi connectivity index (χ4v) is 2.80. The van der Waals surface area contributed by atoms with E-state index in [4.69, 9.17) is 0 Å². The third kappa shape index (κ3) is 4.50. The summed E-state index contributed by atoms with van der Waals surface area (Å²) >= 11 is 3.55. The van der Waals surface area contributed by atoms with Gasteiger partial charge in [0.25, 0.3) is 0 Å². The Morgan fingerprint density at radius 2 is 1.62 bits per heavy atom. The summed E-state index contributed by atoms with van der Waals surface area (Å²) < 4.78 is 1.05. The Hall–Kier alpha value is -2.50. The van der Waals surface area contributed by atoms with Crippen molar-refractivity contribution in [2.75, 3.05) is 5.32 Å². The molecule has 0 saturated heterocycles. The normalized spacial score (nSPS) is 11.2. The molecule has 1 nitrogen and oxygen atoms in total. The van der Waals surface area contributed by atoms with Crippen molar-refractivity contribution in [1.29, 1.82) is 0 Å². The smallest absolute Gasteiger partial charge is 0.114 e. The van der Waals surface area contributed by atoms with E-state index in [9.17, 15) is 0 Å². The molecule has 24 heavy (non-hydrogen) atoms.